The van der Waals surface area contributed by atoms with E-state index in [0.29, 0.717) is 5.96 Å². The minimum Gasteiger partial charge on any atom is -0.370 e. The molecule has 2 aromatic heterocycles. The number of piperazine rings is 2. The monoisotopic (exact) mass is 396 g/mol. The van der Waals surface area contributed by atoms with E-state index in [2.05, 4.69) is 44.5 Å². The molecule has 2 aromatic rings. The van der Waals surface area contributed by atoms with Crippen LogP contribution in [-0.2, 0) is 0 Å². The molecule has 0 unspecified atom stereocenters. The lowest BCUT2D eigenvalue weighted by Gasteiger charge is -2.35. The summed E-state index contributed by atoms with van der Waals surface area (Å²) in [6.45, 7) is 8.87. The zero-order valence-electron chi connectivity index (χ0n) is 16.6. The Morgan fingerprint density at radius 2 is 1.24 bits per heavy atom. The molecule has 2 saturated heterocycles. The van der Waals surface area contributed by atoms with Crippen molar-refractivity contribution >= 4 is 17.9 Å². The van der Waals surface area contributed by atoms with Crippen LogP contribution in [0.2, 0.25) is 0 Å². The molecular weight excluding hydrogens is 368 g/mol. The molecule has 0 amide bonds. The molecule has 0 radical (unpaired) electrons. The van der Waals surface area contributed by atoms with Crippen LogP contribution in [0.4, 0.5) is 11.9 Å². The van der Waals surface area contributed by atoms with Crippen molar-refractivity contribution in [2.45, 2.75) is 0 Å². The highest BCUT2D eigenvalue weighted by Crippen LogP contribution is 2.10. The van der Waals surface area contributed by atoms with Crippen molar-refractivity contribution in [2.24, 2.45) is 10.7 Å². The lowest BCUT2D eigenvalue weighted by Crippen LogP contribution is -2.52. The number of nitrogens with two attached hydrogens (primary N) is 1. The van der Waals surface area contributed by atoms with E-state index in [4.69, 9.17) is 5.73 Å². The Morgan fingerprint density at radius 3 is 1.76 bits per heavy atom. The highest BCUT2D eigenvalue weighted by molar-refractivity contribution is 5.78. The highest BCUT2D eigenvalue weighted by Gasteiger charge is 2.21. The first-order valence-electron chi connectivity index (χ1n) is 10.1. The van der Waals surface area contributed by atoms with E-state index in [0.717, 1.165) is 77.3 Å². The average Bonchev–Trinajstić information content (AvgIpc) is 2.81. The van der Waals surface area contributed by atoms with E-state index >= 15 is 0 Å². The van der Waals surface area contributed by atoms with E-state index in [1.807, 2.05) is 12.1 Å². The van der Waals surface area contributed by atoms with Crippen LogP contribution in [-0.4, -0.2) is 101 Å². The summed E-state index contributed by atoms with van der Waals surface area (Å²) in [4.78, 5) is 30.9. The minimum absolute atomic E-state index is 0.634. The Bertz CT molecular complexity index is 768. The number of aliphatic imine (C=N–C) groups is 1. The molecule has 2 aliphatic rings. The Hall–Kier alpha value is -3.01. The van der Waals surface area contributed by atoms with E-state index in [-0.39, 0.29) is 0 Å². The smallest absolute Gasteiger partial charge is 0.225 e. The van der Waals surface area contributed by atoms with Crippen molar-refractivity contribution in [3.63, 3.8) is 0 Å². The van der Waals surface area contributed by atoms with Gasteiger partial charge in [-0.25, -0.2) is 19.9 Å². The fraction of sp³-hybridized carbons (Fsp3) is 0.526. The third-order valence-corrected chi connectivity index (χ3v) is 5.34. The summed E-state index contributed by atoms with van der Waals surface area (Å²) in [6.07, 6.45) is 7.13. The molecular formula is C19H28N10. The van der Waals surface area contributed by atoms with Gasteiger partial charge >= 0.3 is 0 Å². The van der Waals surface area contributed by atoms with Crippen molar-refractivity contribution < 1.29 is 0 Å². The predicted octanol–water partition coefficient (Wildman–Crippen LogP) is -0.474. The molecule has 4 heterocycles. The Balaban J connectivity index is 1.18. The zero-order valence-corrected chi connectivity index (χ0v) is 16.6. The van der Waals surface area contributed by atoms with E-state index in [9.17, 15) is 0 Å². The fourth-order valence-corrected chi connectivity index (χ4v) is 3.62. The largest absolute Gasteiger partial charge is 0.370 e. The molecule has 0 bridgehead atoms. The van der Waals surface area contributed by atoms with Gasteiger partial charge in [-0.2, -0.15) is 0 Å². The number of hydrogen-bond acceptors (Lipinski definition) is 8. The molecule has 2 N–H and O–H groups in total. The first-order chi connectivity index (χ1) is 14.3. The predicted molar refractivity (Wildman–Crippen MR) is 113 cm³/mol. The second-order valence-corrected chi connectivity index (χ2v) is 7.14. The summed E-state index contributed by atoms with van der Waals surface area (Å²) >= 11 is 0. The molecule has 4 rings (SSSR count). The van der Waals surface area contributed by atoms with Crippen molar-refractivity contribution in [3.8, 4) is 0 Å². The Kier molecular flexibility index (Phi) is 6.30. The molecule has 0 atom stereocenters. The van der Waals surface area contributed by atoms with Gasteiger partial charge in [0, 0.05) is 83.7 Å². The maximum absolute atomic E-state index is 6.23. The number of nitrogens with zero attached hydrogens (tertiary/aromatic N) is 9. The number of hydrogen-bond donors (Lipinski definition) is 1. The topological polar surface area (TPSA) is 103 Å². The van der Waals surface area contributed by atoms with Gasteiger partial charge in [0.15, 0.2) is 5.96 Å². The molecule has 2 fully saturated rings. The number of anilines is 2. The normalized spacial score (nSPS) is 18.9. The molecule has 0 spiro atoms. The first kappa shape index (κ1) is 19.3. The minimum atomic E-state index is 0.634. The molecule has 0 aromatic carbocycles. The number of aromatic nitrogens is 4. The average molecular weight is 397 g/mol. The van der Waals surface area contributed by atoms with Crippen LogP contribution >= 0.6 is 0 Å². The summed E-state index contributed by atoms with van der Waals surface area (Å²) in [5, 5.41) is 0. The lowest BCUT2D eigenvalue weighted by molar-refractivity contribution is 0.263. The van der Waals surface area contributed by atoms with Gasteiger partial charge in [-0.15, -0.1) is 0 Å². The van der Waals surface area contributed by atoms with E-state index in [1.54, 1.807) is 24.8 Å². The molecule has 2 aliphatic heterocycles. The van der Waals surface area contributed by atoms with Crippen LogP contribution in [0.15, 0.2) is 41.9 Å². The molecule has 10 heteroatoms. The van der Waals surface area contributed by atoms with Gasteiger partial charge in [0.05, 0.1) is 6.54 Å². The fourth-order valence-electron chi connectivity index (χ4n) is 3.62. The Morgan fingerprint density at radius 1 is 0.759 bits per heavy atom. The third-order valence-electron chi connectivity index (χ3n) is 5.34. The van der Waals surface area contributed by atoms with Gasteiger partial charge in [0.2, 0.25) is 11.9 Å². The molecule has 0 aliphatic carbocycles. The van der Waals surface area contributed by atoms with Crippen molar-refractivity contribution in [3.05, 3.63) is 36.9 Å². The zero-order chi connectivity index (χ0) is 19.9. The van der Waals surface area contributed by atoms with E-state index in [1.165, 1.54) is 0 Å². The van der Waals surface area contributed by atoms with Gasteiger partial charge in [-0.05, 0) is 12.1 Å². The first-order valence-corrected chi connectivity index (χ1v) is 10.1. The van der Waals surface area contributed by atoms with Gasteiger partial charge in [0.1, 0.15) is 0 Å². The lowest BCUT2D eigenvalue weighted by atomic mass is 10.3. The quantitative estimate of drug-likeness (QED) is 0.530. The van der Waals surface area contributed by atoms with Crippen LogP contribution in [0.3, 0.4) is 0 Å². The number of rotatable bonds is 5. The van der Waals surface area contributed by atoms with Crippen molar-refractivity contribution in [1.29, 1.82) is 0 Å². The third kappa shape index (κ3) is 5.08. The van der Waals surface area contributed by atoms with Gasteiger partial charge < -0.3 is 20.4 Å². The van der Waals surface area contributed by atoms with Crippen molar-refractivity contribution in [2.75, 3.05) is 75.2 Å². The van der Waals surface area contributed by atoms with Crippen molar-refractivity contribution in [1.82, 2.24) is 29.7 Å². The molecule has 154 valence electrons. The van der Waals surface area contributed by atoms with Crippen LogP contribution < -0.4 is 15.5 Å². The summed E-state index contributed by atoms with van der Waals surface area (Å²) < 4.78 is 0. The maximum atomic E-state index is 6.23. The molecule has 29 heavy (non-hydrogen) atoms. The van der Waals surface area contributed by atoms with Crippen LogP contribution in [0.25, 0.3) is 0 Å². The summed E-state index contributed by atoms with van der Waals surface area (Å²) in [5.74, 6) is 2.23. The van der Waals surface area contributed by atoms with Gasteiger partial charge in [-0.3, -0.25) is 9.89 Å². The maximum Gasteiger partial charge on any atom is 0.225 e. The Labute approximate surface area is 171 Å². The van der Waals surface area contributed by atoms with Crippen LogP contribution in [0.5, 0.6) is 0 Å². The summed E-state index contributed by atoms with van der Waals surface area (Å²) in [6, 6.07) is 3.68. The highest BCUT2D eigenvalue weighted by atomic mass is 15.4. The SMILES string of the molecule is NC(=NCCN1CCN(c2ncccn2)CC1)N1CCN(c2ncccn2)CC1. The number of guanidine groups is 1. The van der Waals surface area contributed by atoms with Crippen LogP contribution in [0.1, 0.15) is 0 Å². The van der Waals surface area contributed by atoms with Gasteiger partial charge in [-0.1, -0.05) is 0 Å². The van der Waals surface area contributed by atoms with Crippen LogP contribution in [0, 0.1) is 0 Å². The standard InChI is InChI=1S/C19H28N10/c20-17(27-13-15-29(16-14-27)19-24-5-2-6-25-19)21-7-8-26-9-11-28(12-10-26)18-22-3-1-4-23-18/h1-6H,7-16H2,(H2,20,21). The van der Waals surface area contributed by atoms with E-state index < -0.39 is 0 Å². The molecule has 0 saturated carbocycles. The summed E-state index contributed by atoms with van der Waals surface area (Å²) in [7, 11) is 0. The second-order valence-electron chi connectivity index (χ2n) is 7.14. The summed E-state index contributed by atoms with van der Waals surface area (Å²) in [5.41, 5.74) is 6.23. The van der Waals surface area contributed by atoms with Gasteiger partial charge in [0.25, 0.3) is 0 Å². The molecule has 10 nitrogen and oxygen atoms in total. The second kappa shape index (κ2) is 9.46.